The second kappa shape index (κ2) is 11.0. The molecule has 151 valence electrons. The van der Waals surface area contributed by atoms with Crippen LogP contribution >= 0.6 is 23.8 Å². The van der Waals surface area contributed by atoms with Crippen molar-refractivity contribution in [2.75, 3.05) is 5.75 Å². The predicted molar refractivity (Wildman–Crippen MR) is 98.5 cm³/mol. The Morgan fingerprint density at radius 1 is 1.29 bits per heavy atom. The summed E-state index contributed by atoms with van der Waals surface area (Å²) < 4.78 is 4.15. The third-order valence-corrected chi connectivity index (χ3v) is 6.75. The zero-order chi connectivity index (χ0) is 19.4. The van der Waals surface area contributed by atoms with Gasteiger partial charge in [-0.15, -0.1) is 9.40 Å². The van der Waals surface area contributed by atoms with Crippen molar-refractivity contribution in [3.63, 3.8) is 0 Å². The van der Waals surface area contributed by atoms with Gasteiger partial charge < -0.3 is 15.5 Å². The molecule has 0 aromatic rings. The summed E-state index contributed by atoms with van der Waals surface area (Å²) in [5.74, 6) is -1.20. The fraction of sp³-hybridized carbons (Fsp3) is 0.714. The van der Waals surface area contributed by atoms with Crippen LogP contribution in [0, 0.1) is 0 Å². The summed E-state index contributed by atoms with van der Waals surface area (Å²) in [6.07, 6.45) is 2.00. The number of carbonyl (C=O) groups excluding carboxylic acids is 4. The van der Waals surface area contributed by atoms with Crippen LogP contribution in [0.5, 0.6) is 0 Å². The molecule has 3 N–H and O–H groups in total. The molecule has 0 spiro atoms. The van der Waals surface area contributed by atoms with E-state index in [1.807, 2.05) is 0 Å². The van der Waals surface area contributed by atoms with Gasteiger partial charge in [0, 0.05) is 59.0 Å². The summed E-state index contributed by atoms with van der Waals surface area (Å²) in [5, 5.41) is 17.0. The van der Waals surface area contributed by atoms with E-state index in [0.717, 1.165) is 18.6 Å². The SMILES string of the molecule is O=C1N[C@H]2CSC(CCCCC(=O)ON3C(=O)CC(SOOO)C3=O)[C@H]2N1.[Na]. The van der Waals surface area contributed by atoms with Crippen LogP contribution in [-0.4, -0.2) is 92.0 Å². The van der Waals surface area contributed by atoms with Crippen molar-refractivity contribution in [1.82, 2.24) is 15.7 Å². The molecule has 3 rings (SSSR count). The summed E-state index contributed by atoms with van der Waals surface area (Å²) >= 11 is 2.25. The van der Waals surface area contributed by atoms with Gasteiger partial charge >= 0.3 is 12.0 Å². The number of hydroxylamine groups is 2. The molecule has 4 atom stereocenters. The number of thioether (sulfide) groups is 1. The first-order valence-electron chi connectivity index (χ1n) is 8.39. The van der Waals surface area contributed by atoms with Gasteiger partial charge in [-0.05, 0) is 12.8 Å². The molecular formula is C14H19N3NaO8S2. The molecule has 4 amide bonds. The third-order valence-electron chi connectivity index (χ3n) is 4.50. The van der Waals surface area contributed by atoms with E-state index in [1.54, 1.807) is 11.8 Å². The first-order valence-corrected chi connectivity index (χ1v) is 10.2. The molecule has 0 saturated carbocycles. The zero-order valence-electron chi connectivity index (χ0n) is 15.1. The molecule has 0 bridgehead atoms. The van der Waals surface area contributed by atoms with E-state index in [1.165, 1.54) is 0 Å². The number of amides is 4. The molecule has 28 heavy (non-hydrogen) atoms. The van der Waals surface area contributed by atoms with Gasteiger partial charge in [0.1, 0.15) is 5.25 Å². The number of imide groups is 1. The van der Waals surface area contributed by atoms with E-state index in [0.29, 0.717) is 28.8 Å². The van der Waals surface area contributed by atoms with E-state index in [2.05, 4.69) is 20.0 Å². The zero-order valence-corrected chi connectivity index (χ0v) is 18.8. The molecule has 1 radical (unpaired) electrons. The minimum Gasteiger partial charge on any atom is -0.332 e. The molecule has 0 aromatic carbocycles. The van der Waals surface area contributed by atoms with Crippen LogP contribution < -0.4 is 10.6 Å². The molecule has 0 aromatic heterocycles. The van der Waals surface area contributed by atoms with E-state index >= 15 is 0 Å². The predicted octanol–water partition coefficient (Wildman–Crippen LogP) is -0.0135. The van der Waals surface area contributed by atoms with Crippen LogP contribution in [0.1, 0.15) is 32.1 Å². The molecular weight excluding hydrogens is 425 g/mol. The minimum atomic E-state index is -0.944. The molecule has 3 aliphatic heterocycles. The molecule has 14 heteroatoms. The maximum absolute atomic E-state index is 11.9. The van der Waals surface area contributed by atoms with Crippen LogP contribution in [0.15, 0.2) is 0 Å². The number of rotatable bonds is 9. The smallest absolute Gasteiger partial charge is 0.332 e. The van der Waals surface area contributed by atoms with Gasteiger partial charge in [0.2, 0.25) is 0 Å². The Hall–Kier alpha value is -0.540. The maximum atomic E-state index is 11.9. The van der Waals surface area contributed by atoms with Crippen LogP contribution in [-0.2, 0) is 28.6 Å². The average Bonchev–Trinajstić information content (AvgIpc) is 3.26. The van der Waals surface area contributed by atoms with Crippen molar-refractivity contribution in [1.29, 1.82) is 0 Å². The van der Waals surface area contributed by atoms with E-state index < -0.39 is 23.0 Å². The summed E-state index contributed by atoms with van der Waals surface area (Å²) in [6.45, 7) is 0. The molecule has 3 aliphatic rings. The second-order valence-electron chi connectivity index (χ2n) is 6.29. The summed E-state index contributed by atoms with van der Waals surface area (Å²) in [5.41, 5.74) is 0. The van der Waals surface area contributed by atoms with Gasteiger partial charge in [-0.25, -0.2) is 14.8 Å². The Kier molecular flexibility index (Phi) is 9.34. The maximum Gasteiger partial charge on any atom is 0.333 e. The Balaban J connectivity index is 0.00000280. The van der Waals surface area contributed by atoms with E-state index in [4.69, 9.17) is 10.1 Å². The van der Waals surface area contributed by atoms with Crippen molar-refractivity contribution < 1.29 is 38.6 Å². The molecule has 11 nitrogen and oxygen atoms in total. The Labute approximate surface area is 191 Å². The van der Waals surface area contributed by atoms with Crippen LogP contribution in [0.3, 0.4) is 0 Å². The van der Waals surface area contributed by atoms with Crippen molar-refractivity contribution in [3.05, 3.63) is 0 Å². The summed E-state index contributed by atoms with van der Waals surface area (Å²) in [6, 6.07) is 0.149. The van der Waals surface area contributed by atoms with Gasteiger partial charge in [-0.3, -0.25) is 9.59 Å². The van der Waals surface area contributed by atoms with Gasteiger partial charge in [0.15, 0.2) is 0 Å². The number of hydrogen-bond acceptors (Lipinski definition) is 10. The minimum absolute atomic E-state index is 0. The van der Waals surface area contributed by atoms with E-state index in [-0.39, 0.29) is 60.5 Å². The van der Waals surface area contributed by atoms with Gasteiger partial charge in [-0.2, -0.15) is 11.8 Å². The van der Waals surface area contributed by atoms with Gasteiger partial charge in [0.05, 0.1) is 18.5 Å². The van der Waals surface area contributed by atoms with Crippen LogP contribution in [0.2, 0.25) is 0 Å². The van der Waals surface area contributed by atoms with Crippen molar-refractivity contribution >= 4 is 77.2 Å². The summed E-state index contributed by atoms with van der Waals surface area (Å²) in [7, 11) is 0. The van der Waals surface area contributed by atoms with Gasteiger partial charge in [0.25, 0.3) is 11.8 Å². The normalized spacial score (nSPS) is 28.6. The fourth-order valence-electron chi connectivity index (χ4n) is 3.22. The summed E-state index contributed by atoms with van der Waals surface area (Å²) in [4.78, 5) is 51.8. The quantitative estimate of drug-likeness (QED) is 0.0845. The topological polar surface area (TPSA) is 144 Å². The number of fused-ring (bicyclic) bond motifs is 1. The number of carbonyl (C=O) groups is 4. The largest absolute Gasteiger partial charge is 0.333 e. The number of urea groups is 1. The monoisotopic (exact) mass is 444 g/mol. The Morgan fingerprint density at radius 2 is 2.07 bits per heavy atom. The number of nitrogens with zero attached hydrogens (tertiary/aromatic N) is 1. The number of unbranched alkanes of at least 4 members (excludes halogenated alkanes) is 1. The first-order chi connectivity index (χ1) is 13.0. The average molecular weight is 444 g/mol. The van der Waals surface area contributed by atoms with Crippen LogP contribution in [0.25, 0.3) is 0 Å². The molecule has 3 fully saturated rings. The van der Waals surface area contributed by atoms with Crippen molar-refractivity contribution in [3.8, 4) is 0 Å². The van der Waals surface area contributed by atoms with E-state index in [9.17, 15) is 19.2 Å². The molecule has 3 saturated heterocycles. The number of hydrogen-bond donors (Lipinski definition) is 3. The fourth-order valence-corrected chi connectivity index (χ4v) is 5.29. The molecule has 0 aliphatic carbocycles. The van der Waals surface area contributed by atoms with Crippen molar-refractivity contribution in [2.45, 2.75) is 54.7 Å². The molecule has 3 heterocycles. The third kappa shape index (κ3) is 5.75. The Bertz CT molecular complexity index is 627. The standard InChI is InChI=1S/C14H19N3O8S2.Na/c18-10-5-9(27-25-24-22)13(20)17(10)23-11(19)4-2-1-3-8-12-7(6-26-8)15-14(21)16-12;/h7-9,12,22H,1-6H2,(H2,15,16,21);/t7-,8?,9?,12-;/m0./s1. The second-order valence-corrected chi connectivity index (χ2v) is 8.46. The van der Waals surface area contributed by atoms with Crippen molar-refractivity contribution in [2.24, 2.45) is 0 Å². The molecule has 2 unspecified atom stereocenters. The Morgan fingerprint density at radius 3 is 2.82 bits per heavy atom. The first kappa shape index (κ1) is 23.7. The van der Waals surface area contributed by atoms with Gasteiger partial charge in [-0.1, -0.05) is 11.5 Å². The number of nitrogens with one attached hydrogen (secondary N) is 2. The van der Waals surface area contributed by atoms with Crippen LogP contribution in [0.4, 0.5) is 4.79 Å².